The van der Waals surface area contributed by atoms with E-state index in [-0.39, 0.29) is 17.4 Å². The van der Waals surface area contributed by atoms with E-state index in [9.17, 15) is 13.5 Å². The van der Waals surface area contributed by atoms with Gasteiger partial charge in [0.25, 0.3) is 0 Å². The van der Waals surface area contributed by atoms with Gasteiger partial charge >= 0.3 is 0 Å². The molecule has 2 unspecified atom stereocenters. The van der Waals surface area contributed by atoms with Crippen molar-refractivity contribution in [3.8, 4) is 0 Å². The highest BCUT2D eigenvalue weighted by Gasteiger charge is 2.34. The van der Waals surface area contributed by atoms with Crippen LogP contribution in [0.25, 0.3) is 0 Å². The minimum absolute atomic E-state index is 0.116. The highest BCUT2D eigenvalue weighted by atomic mass is 79.9. The van der Waals surface area contributed by atoms with E-state index in [1.807, 2.05) is 13.8 Å². The molecule has 1 saturated heterocycles. The van der Waals surface area contributed by atoms with E-state index >= 15 is 0 Å². The lowest BCUT2D eigenvalue weighted by atomic mass is 9.98. The second kappa shape index (κ2) is 6.60. The lowest BCUT2D eigenvalue weighted by Crippen LogP contribution is -2.45. The van der Waals surface area contributed by atoms with Crippen molar-refractivity contribution < 1.29 is 13.5 Å². The van der Waals surface area contributed by atoms with E-state index < -0.39 is 16.1 Å². The maximum Gasteiger partial charge on any atom is 0.246 e. The van der Waals surface area contributed by atoms with Gasteiger partial charge in [-0.15, -0.1) is 0 Å². The Morgan fingerprint density at radius 1 is 1.57 bits per heavy atom. The average molecular weight is 378 g/mol. The van der Waals surface area contributed by atoms with Crippen molar-refractivity contribution in [2.75, 3.05) is 25.0 Å². The second-order valence-electron chi connectivity index (χ2n) is 5.23. The molecule has 1 aromatic heterocycles. The van der Waals surface area contributed by atoms with Gasteiger partial charge < -0.3 is 10.4 Å². The van der Waals surface area contributed by atoms with E-state index in [0.29, 0.717) is 29.8 Å². The third-order valence-electron chi connectivity index (χ3n) is 3.66. The lowest BCUT2D eigenvalue weighted by Gasteiger charge is -2.33. The van der Waals surface area contributed by atoms with Crippen LogP contribution in [0.4, 0.5) is 5.82 Å². The molecule has 6 nitrogen and oxygen atoms in total. The second-order valence-corrected chi connectivity index (χ2v) is 8.05. The summed E-state index contributed by atoms with van der Waals surface area (Å²) in [6.45, 7) is 4.93. The quantitative estimate of drug-likeness (QED) is 0.833. The van der Waals surface area contributed by atoms with E-state index in [1.165, 1.54) is 4.31 Å². The lowest BCUT2D eigenvalue weighted by molar-refractivity contribution is 0.0605. The summed E-state index contributed by atoms with van der Waals surface area (Å²) in [5.74, 6) is 0.458. The summed E-state index contributed by atoms with van der Waals surface area (Å²) in [5.41, 5.74) is 0. The number of β-amino-alcohol motifs (C(OH)–C–C–N with tert-alkyl or cyclic N) is 1. The first kappa shape index (κ1) is 16.7. The summed E-state index contributed by atoms with van der Waals surface area (Å²) in [5, 5.41) is 12.9. The fraction of sp³-hybridized carbons (Fsp3) is 0.615. The highest BCUT2D eigenvalue weighted by molar-refractivity contribution is 9.10. The summed E-state index contributed by atoms with van der Waals surface area (Å²) < 4.78 is 27.5. The fourth-order valence-electron chi connectivity index (χ4n) is 2.29. The van der Waals surface area contributed by atoms with E-state index in [2.05, 4.69) is 26.2 Å². The van der Waals surface area contributed by atoms with Crippen molar-refractivity contribution in [2.45, 2.75) is 31.3 Å². The number of sulfonamides is 1. The standard InChI is InChI=1S/C13H20BrN3O3S/c1-3-15-13-12(6-10(14)7-16-13)21(19,20)17-5-4-9(2)11(18)8-17/h6-7,9,11,18H,3-5,8H2,1-2H3,(H,15,16). The largest absolute Gasteiger partial charge is 0.391 e. The van der Waals surface area contributed by atoms with Crippen molar-refractivity contribution in [1.29, 1.82) is 0 Å². The zero-order valence-corrected chi connectivity index (χ0v) is 14.5. The predicted octanol–water partition coefficient (Wildman–Crippen LogP) is 1.67. The Labute approximate surface area is 133 Å². The first-order valence-electron chi connectivity index (χ1n) is 6.94. The molecule has 21 heavy (non-hydrogen) atoms. The zero-order chi connectivity index (χ0) is 15.6. The van der Waals surface area contributed by atoms with Crippen LogP contribution in [0.3, 0.4) is 0 Å². The number of piperidine rings is 1. The number of pyridine rings is 1. The molecular weight excluding hydrogens is 358 g/mol. The van der Waals surface area contributed by atoms with Crippen LogP contribution >= 0.6 is 15.9 Å². The normalized spacial score (nSPS) is 24.0. The van der Waals surface area contributed by atoms with Crippen molar-refractivity contribution in [3.05, 3.63) is 16.7 Å². The highest BCUT2D eigenvalue weighted by Crippen LogP contribution is 2.29. The molecule has 118 valence electrons. The smallest absolute Gasteiger partial charge is 0.246 e. The van der Waals surface area contributed by atoms with Crippen molar-refractivity contribution in [1.82, 2.24) is 9.29 Å². The number of aromatic nitrogens is 1. The number of nitrogens with zero attached hydrogens (tertiary/aromatic N) is 2. The summed E-state index contributed by atoms with van der Waals surface area (Å²) in [4.78, 5) is 4.28. The van der Waals surface area contributed by atoms with Crippen LogP contribution < -0.4 is 5.32 Å². The SMILES string of the molecule is CCNc1ncc(Br)cc1S(=O)(=O)N1CCC(C)C(O)C1. The number of aliphatic hydroxyl groups is 1. The molecule has 1 aliphatic rings. The Balaban J connectivity index is 2.37. The molecule has 0 radical (unpaired) electrons. The van der Waals surface area contributed by atoms with Crippen LogP contribution in [0.15, 0.2) is 21.6 Å². The fourth-order valence-corrected chi connectivity index (χ4v) is 4.40. The van der Waals surface area contributed by atoms with Gasteiger partial charge in [0.05, 0.1) is 6.10 Å². The molecule has 2 rings (SSSR count). The summed E-state index contributed by atoms with van der Waals surface area (Å²) in [6.07, 6.45) is 1.58. The third kappa shape index (κ3) is 3.56. The predicted molar refractivity (Wildman–Crippen MR) is 84.6 cm³/mol. The molecule has 0 saturated carbocycles. The molecular formula is C13H20BrN3O3S. The van der Waals surface area contributed by atoms with Gasteiger partial charge in [0.2, 0.25) is 10.0 Å². The summed E-state index contributed by atoms with van der Waals surface area (Å²) >= 11 is 3.26. The Morgan fingerprint density at radius 3 is 2.90 bits per heavy atom. The van der Waals surface area contributed by atoms with E-state index in [4.69, 9.17) is 0 Å². The van der Waals surface area contributed by atoms with Crippen LogP contribution in [-0.4, -0.2) is 48.6 Å². The minimum atomic E-state index is -3.68. The van der Waals surface area contributed by atoms with E-state index in [1.54, 1.807) is 12.3 Å². The maximum atomic E-state index is 12.8. The third-order valence-corrected chi connectivity index (χ3v) is 5.97. The van der Waals surface area contributed by atoms with Gasteiger partial charge in [-0.3, -0.25) is 0 Å². The topological polar surface area (TPSA) is 82.5 Å². The molecule has 0 amide bonds. The molecule has 0 aliphatic carbocycles. The van der Waals surface area contributed by atoms with Crippen LogP contribution in [0, 0.1) is 5.92 Å². The van der Waals surface area contributed by atoms with E-state index in [0.717, 1.165) is 0 Å². The first-order valence-corrected chi connectivity index (χ1v) is 9.17. The number of rotatable bonds is 4. The van der Waals surface area contributed by atoms with Gasteiger partial charge in [-0.25, -0.2) is 13.4 Å². The van der Waals surface area contributed by atoms with Gasteiger partial charge in [-0.05, 0) is 41.3 Å². The van der Waals surface area contributed by atoms with Crippen molar-refractivity contribution in [2.24, 2.45) is 5.92 Å². The van der Waals surface area contributed by atoms with Crippen molar-refractivity contribution >= 4 is 31.8 Å². The molecule has 2 atom stereocenters. The Kier molecular flexibility index (Phi) is 5.24. The number of hydrogen-bond donors (Lipinski definition) is 2. The molecule has 0 bridgehead atoms. The van der Waals surface area contributed by atoms with Crippen LogP contribution in [0.1, 0.15) is 20.3 Å². The monoisotopic (exact) mass is 377 g/mol. The zero-order valence-electron chi connectivity index (χ0n) is 12.1. The van der Waals surface area contributed by atoms with Crippen molar-refractivity contribution in [3.63, 3.8) is 0 Å². The molecule has 8 heteroatoms. The van der Waals surface area contributed by atoms with Crippen LogP contribution in [-0.2, 0) is 10.0 Å². The van der Waals surface area contributed by atoms with Crippen LogP contribution in [0.5, 0.6) is 0 Å². The molecule has 1 aliphatic heterocycles. The number of nitrogens with one attached hydrogen (secondary N) is 1. The molecule has 2 heterocycles. The molecule has 0 aromatic carbocycles. The van der Waals surface area contributed by atoms with Crippen LogP contribution in [0.2, 0.25) is 0 Å². The summed E-state index contributed by atoms with van der Waals surface area (Å²) in [7, 11) is -3.68. The maximum absolute atomic E-state index is 12.8. The molecule has 2 N–H and O–H groups in total. The Bertz CT molecular complexity index is 609. The minimum Gasteiger partial charge on any atom is -0.391 e. The van der Waals surface area contributed by atoms with Gasteiger partial charge in [0.1, 0.15) is 10.7 Å². The number of aliphatic hydroxyl groups excluding tert-OH is 1. The number of hydrogen-bond acceptors (Lipinski definition) is 5. The molecule has 1 aromatic rings. The Hall–Kier alpha value is -0.700. The number of anilines is 1. The van der Waals surface area contributed by atoms with Gasteiger partial charge in [-0.2, -0.15) is 4.31 Å². The van der Waals surface area contributed by atoms with Gasteiger partial charge in [-0.1, -0.05) is 6.92 Å². The Morgan fingerprint density at radius 2 is 2.29 bits per heavy atom. The molecule has 1 fully saturated rings. The van der Waals surface area contributed by atoms with Gasteiger partial charge in [0.15, 0.2) is 0 Å². The molecule has 0 spiro atoms. The first-order chi connectivity index (χ1) is 9.86. The van der Waals surface area contributed by atoms with Gasteiger partial charge in [0, 0.05) is 30.3 Å². The number of halogens is 1. The average Bonchev–Trinajstić information content (AvgIpc) is 2.44. The summed E-state index contributed by atoms with van der Waals surface area (Å²) in [6, 6.07) is 1.55.